The third kappa shape index (κ3) is 6.71. The Hall–Kier alpha value is -5.08. The highest BCUT2D eigenvalue weighted by atomic mass is 16.3. The van der Waals surface area contributed by atoms with Gasteiger partial charge < -0.3 is 10.2 Å². The zero-order valence-electron chi connectivity index (χ0n) is 25.9. The van der Waals surface area contributed by atoms with Crippen LogP contribution >= 0.6 is 0 Å². The van der Waals surface area contributed by atoms with E-state index in [0.717, 1.165) is 74.9 Å². The van der Waals surface area contributed by atoms with Gasteiger partial charge in [-0.1, -0.05) is 154 Å². The lowest BCUT2D eigenvalue weighted by atomic mass is 9.81. The van der Waals surface area contributed by atoms with Crippen molar-refractivity contribution in [3.05, 3.63) is 157 Å². The molecular weight excluding hydrogens is 548 g/mol. The molecule has 0 aliphatic rings. The fourth-order valence-corrected chi connectivity index (χ4v) is 6.37. The Morgan fingerprint density at radius 1 is 0.422 bits per heavy atom. The number of phenols is 2. The summed E-state index contributed by atoms with van der Waals surface area (Å²) >= 11 is 0. The molecule has 0 saturated heterocycles. The van der Waals surface area contributed by atoms with Gasteiger partial charge in [0, 0.05) is 28.2 Å². The lowest BCUT2D eigenvalue weighted by Gasteiger charge is -2.24. The van der Waals surface area contributed by atoms with Gasteiger partial charge in [0.2, 0.25) is 0 Å². The Morgan fingerprint density at radius 2 is 0.733 bits per heavy atom. The molecule has 0 unspecified atom stereocenters. The highest BCUT2D eigenvalue weighted by Crippen LogP contribution is 2.46. The van der Waals surface area contributed by atoms with Crippen molar-refractivity contribution in [3.8, 4) is 56.0 Å². The van der Waals surface area contributed by atoms with Crippen LogP contribution in [0.1, 0.15) is 56.1 Å². The number of hydrogen-bond acceptors (Lipinski definition) is 2. The smallest absolute Gasteiger partial charge is 0.131 e. The van der Waals surface area contributed by atoms with E-state index in [2.05, 4.69) is 79.7 Å². The minimum atomic E-state index is 0.0536. The van der Waals surface area contributed by atoms with E-state index in [1.807, 2.05) is 72.8 Å². The van der Waals surface area contributed by atoms with Crippen molar-refractivity contribution in [1.29, 1.82) is 0 Å². The highest BCUT2D eigenvalue weighted by Gasteiger charge is 2.23. The second-order valence-corrected chi connectivity index (χ2v) is 11.8. The Morgan fingerprint density at radius 3 is 1.02 bits per heavy atom. The molecule has 0 aliphatic heterocycles. The molecule has 0 amide bonds. The van der Waals surface area contributed by atoms with E-state index in [0.29, 0.717) is 11.5 Å². The van der Waals surface area contributed by atoms with E-state index in [1.165, 1.54) is 12.8 Å². The van der Waals surface area contributed by atoms with Gasteiger partial charge >= 0.3 is 0 Å². The minimum Gasteiger partial charge on any atom is -0.507 e. The molecule has 0 atom stereocenters. The lowest BCUT2D eigenvalue weighted by Crippen LogP contribution is -2.04. The topological polar surface area (TPSA) is 40.5 Å². The summed E-state index contributed by atoms with van der Waals surface area (Å²) in [6.45, 7) is 2.24. The number of rotatable bonds is 11. The minimum absolute atomic E-state index is 0.0536. The molecule has 2 heteroatoms. The molecule has 0 radical (unpaired) electrons. The summed E-state index contributed by atoms with van der Waals surface area (Å²) in [7, 11) is 0. The predicted molar refractivity (Wildman–Crippen MR) is 189 cm³/mol. The first-order valence-corrected chi connectivity index (χ1v) is 16.1. The average Bonchev–Trinajstić information content (AvgIpc) is 3.10. The van der Waals surface area contributed by atoms with Gasteiger partial charge in [-0.3, -0.25) is 0 Å². The third-order valence-electron chi connectivity index (χ3n) is 8.75. The van der Waals surface area contributed by atoms with E-state index < -0.39 is 0 Å². The molecular formula is C43H40O2. The number of phenolic OH excluding ortho intramolecular Hbond substituents is 2. The van der Waals surface area contributed by atoms with Gasteiger partial charge in [-0.2, -0.15) is 0 Å². The second kappa shape index (κ2) is 14.1. The second-order valence-electron chi connectivity index (χ2n) is 11.8. The molecule has 6 rings (SSSR count). The monoisotopic (exact) mass is 588 g/mol. The largest absolute Gasteiger partial charge is 0.507 e. The molecule has 2 N–H and O–H groups in total. The summed E-state index contributed by atoms with van der Waals surface area (Å²) in [5, 5.41) is 23.4. The fourth-order valence-electron chi connectivity index (χ4n) is 6.37. The maximum atomic E-state index is 11.7. The Kier molecular flexibility index (Phi) is 9.41. The third-order valence-corrected chi connectivity index (χ3v) is 8.75. The molecule has 0 bridgehead atoms. The first kappa shape index (κ1) is 30.0. The van der Waals surface area contributed by atoms with Crippen LogP contribution in [-0.2, 0) is 0 Å². The van der Waals surface area contributed by atoms with E-state index in [1.54, 1.807) is 0 Å². The van der Waals surface area contributed by atoms with Gasteiger partial charge in [0.15, 0.2) is 0 Å². The van der Waals surface area contributed by atoms with Crippen LogP contribution in [0.4, 0.5) is 0 Å². The predicted octanol–water partition coefficient (Wildman–Crippen LogP) is 11.9. The maximum absolute atomic E-state index is 11.7. The molecule has 6 aromatic rings. The number of hydrogen-bond donors (Lipinski definition) is 2. The van der Waals surface area contributed by atoms with Crippen molar-refractivity contribution in [3.63, 3.8) is 0 Å². The Balaban J connectivity index is 1.59. The van der Waals surface area contributed by atoms with Crippen molar-refractivity contribution in [1.82, 2.24) is 0 Å². The highest BCUT2D eigenvalue weighted by molar-refractivity contribution is 5.85. The number of unbranched alkanes of at least 4 members (excludes halogenated alkanes) is 3. The van der Waals surface area contributed by atoms with Gasteiger partial charge in [0.05, 0.1) is 0 Å². The quantitative estimate of drug-likeness (QED) is 0.148. The zero-order chi connectivity index (χ0) is 31.0. The summed E-state index contributed by atoms with van der Waals surface area (Å²) < 4.78 is 0. The molecule has 0 fully saturated rings. The van der Waals surface area contributed by atoms with Crippen molar-refractivity contribution >= 4 is 0 Å². The molecule has 6 aromatic carbocycles. The summed E-state index contributed by atoms with van der Waals surface area (Å²) in [5.41, 5.74) is 9.58. The lowest BCUT2D eigenvalue weighted by molar-refractivity contribution is 0.478. The summed E-state index contributed by atoms with van der Waals surface area (Å²) in [6, 6.07) is 49.4. The average molecular weight is 589 g/mol. The van der Waals surface area contributed by atoms with Crippen molar-refractivity contribution in [2.24, 2.45) is 0 Å². The zero-order valence-corrected chi connectivity index (χ0v) is 25.9. The van der Waals surface area contributed by atoms with Gasteiger partial charge in [-0.25, -0.2) is 0 Å². The first-order chi connectivity index (χ1) is 22.1. The van der Waals surface area contributed by atoms with Crippen LogP contribution in [0.25, 0.3) is 44.5 Å². The fraction of sp³-hybridized carbons (Fsp3) is 0.163. The normalized spacial score (nSPS) is 11.2. The molecule has 0 aromatic heterocycles. The van der Waals surface area contributed by atoms with E-state index >= 15 is 0 Å². The van der Waals surface area contributed by atoms with Crippen LogP contribution in [0.2, 0.25) is 0 Å². The summed E-state index contributed by atoms with van der Waals surface area (Å²) in [4.78, 5) is 0. The van der Waals surface area contributed by atoms with Crippen LogP contribution in [0.5, 0.6) is 11.5 Å². The van der Waals surface area contributed by atoms with Gasteiger partial charge in [-0.05, 0) is 64.1 Å². The van der Waals surface area contributed by atoms with Crippen molar-refractivity contribution < 1.29 is 10.2 Å². The molecule has 45 heavy (non-hydrogen) atoms. The van der Waals surface area contributed by atoms with Crippen molar-refractivity contribution in [2.75, 3.05) is 0 Å². The van der Waals surface area contributed by atoms with Crippen LogP contribution in [0.3, 0.4) is 0 Å². The van der Waals surface area contributed by atoms with Crippen LogP contribution < -0.4 is 0 Å². The molecule has 224 valence electrons. The standard InChI is InChI=1S/C43H40O2/c1-2-3-4-17-26-37(35-27-38(31-18-9-5-10-19-31)42(44)39(28-35)32-20-11-6-12-21-32)36-29-40(33-22-13-7-14-23-33)43(45)41(30-36)34-24-15-8-16-25-34/h5-16,18-25,27-30,37,44-45H,2-4,17,26H2,1H3. The first-order valence-electron chi connectivity index (χ1n) is 16.1. The molecule has 2 nitrogen and oxygen atoms in total. The summed E-state index contributed by atoms with van der Waals surface area (Å²) in [5.74, 6) is 0.640. The van der Waals surface area contributed by atoms with Crippen LogP contribution in [0.15, 0.2) is 146 Å². The van der Waals surface area contributed by atoms with Crippen LogP contribution in [0, 0.1) is 0 Å². The Bertz CT molecular complexity index is 1570. The van der Waals surface area contributed by atoms with E-state index in [4.69, 9.17) is 0 Å². The van der Waals surface area contributed by atoms with Gasteiger partial charge in [0.25, 0.3) is 0 Å². The molecule has 0 aliphatic carbocycles. The summed E-state index contributed by atoms with van der Waals surface area (Å²) in [6.07, 6.45) is 5.59. The van der Waals surface area contributed by atoms with Gasteiger partial charge in [-0.15, -0.1) is 0 Å². The van der Waals surface area contributed by atoms with Gasteiger partial charge in [0.1, 0.15) is 11.5 Å². The molecule has 0 heterocycles. The maximum Gasteiger partial charge on any atom is 0.131 e. The van der Waals surface area contributed by atoms with E-state index in [9.17, 15) is 10.2 Å². The molecule has 0 spiro atoms. The number of aromatic hydroxyl groups is 2. The SMILES string of the molecule is CCCCCCC(c1cc(-c2ccccc2)c(O)c(-c2ccccc2)c1)c1cc(-c2ccccc2)c(O)c(-c2ccccc2)c1. The van der Waals surface area contributed by atoms with Crippen LogP contribution in [-0.4, -0.2) is 10.2 Å². The van der Waals surface area contributed by atoms with Crippen molar-refractivity contribution in [2.45, 2.75) is 44.9 Å². The molecule has 0 saturated carbocycles. The number of benzene rings is 6. The Labute approximate surface area is 267 Å². The van der Waals surface area contributed by atoms with E-state index in [-0.39, 0.29) is 5.92 Å².